The number of hydrogen-bond acceptors (Lipinski definition) is 5. The van der Waals surface area contributed by atoms with Gasteiger partial charge in [-0.05, 0) is 42.3 Å². The molecule has 0 aliphatic heterocycles. The van der Waals surface area contributed by atoms with Gasteiger partial charge in [0.2, 0.25) is 5.91 Å². The average molecular weight is 444 g/mol. The summed E-state index contributed by atoms with van der Waals surface area (Å²) in [4.78, 5) is 29.9. The third-order valence-corrected chi connectivity index (χ3v) is 5.47. The van der Waals surface area contributed by atoms with Crippen LogP contribution in [0.2, 0.25) is 5.02 Å². The number of carbonyl (C=O) groups is 2. The molecule has 8 heteroatoms. The molecule has 0 fully saturated rings. The molecule has 1 heterocycles. The van der Waals surface area contributed by atoms with Crippen molar-refractivity contribution in [1.29, 1.82) is 0 Å². The first-order valence-corrected chi connectivity index (χ1v) is 10.6. The average Bonchev–Trinajstić information content (AvgIpc) is 3.20. The summed E-state index contributed by atoms with van der Waals surface area (Å²) in [5.74, 6) is -0.0755. The highest BCUT2D eigenvalue weighted by Crippen LogP contribution is 2.32. The van der Waals surface area contributed by atoms with Gasteiger partial charge >= 0.3 is 0 Å². The number of methoxy groups -OCH3 is 1. The number of aromatic nitrogens is 1. The minimum atomic E-state index is -0.716. The highest BCUT2D eigenvalue weighted by molar-refractivity contribution is 7.14. The number of hydrogen-bond donors (Lipinski definition) is 2. The van der Waals surface area contributed by atoms with E-state index in [1.807, 2.05) is 43.5 Å². The Balaban J connectivity index is 1.72. The first-order chi connectivity index (χ1) is 14.4. The molecule has 2 aromatic carbocycles. The van der Waals surface area contributed by atoms with Crippen LogP contribution in [0.5, 0.6) is 5.75 Å². The Hall–Kier alpha value is -2.90. The summed E-state index contributed by atoms with van der Waals surface area (Å²) in [6.07, 6.45) is 0. The Labute approximate surface area is 184 Å². The minimum Gasteiger partial charge on any atom is -0.496 e. The predicted molar refractivity (Wildman–Crippen MR) is 120 cm³/mol. The second-order valence-corrected chi connectivity index (χ2v) is 8.22. The number of ether oxygens (including phenoxy) is 1. The van der Waals surface area contributed by atoms with Gasteiger partial charge in [0.1, 0.15) is 11.8 Å². The Morgan fingerprint density at radius 1 is 1.10 bits per heavy atom. The van der Waals surface area contributed by atoms with E-state index in [1.54, 1.807) is 31.4 Å². The molecule has 1 aromatic heterocycles. The van der Waals surface area contributed by atoms with Crippen LogP contribution in [0.25, 0.3) is 11.3 Å². The van der Waals surface area contributed by atoms with Crippen molar-refractivity contribution in [3.63, 3.8) is 0 Å². The fourth-order valence-corrected chi connectivity index (χ4v) is 3.69. The van der Waals surface area contributed by atoms with Crippen molar-refractivity contribution < 1.29 is 14.3 Å². The molecule has 156 valence electrons. The van der Waals surface area contributed by atoms with Gasteiger partial charge in [0, 0.05) is 21.5 Å². The van der Waals surface area contributed by atoms with Crippen LogP contribution in [0.3, 0.4) is 0 Å². The van der Waals surface area contributed by atoms with E-state index >= 15 is 0 Å². The number of amides is 2. The van der Waals surface area contributed by atoms with Crippen molar-refractivity contribution in [1.82, 2.24) is 10.3 Å². The monoisotopic (exact) mass is 443 g/mol. The zero-order chi connectivity index (χ0) is 21.7. The number of nitrogens with one attached hydrogen (secondary N) is 2. The highest BCUT2D eigenvalue weighted by atomic mass is 35.5. The fraction of sp³-hybridized carbons (Fsp3) is 0.227. The first-order valence-electron chi connectivity index (χ1n) is 9.35. The molecular formula is C22H22ClN3O3S. The topological polar surface area (TPSA) is 80.3 Å². The molecule has 0 spiro atoms. The molecule has 3 aromatic rings. The standard InChI is InChI=1S/C22H22ClN3O3S/c1-13(2)19(25-20(27)14-8-10-15(23)11-9-14)21(28)26-22-24-17(12-30-22)16-6-4-5-7-18(16)29-3/h4-13,19H,1-3H3,(H,25,27)(H,24,26,28). The number of nitrogens with zero attached hydrogens (tertiary/aromatic N) is 1. The van der Waals surface area contributed by atoms with Crippen LogP contribution in [0.1, 0.15) is 24.2 Å². The number of carbonyl (C=O) groups excluding carboxylic acids is 2. The smallest absolute Gasteiger partial charge is 0.251 e. The van der Waals surface area contributed by atoms with Gasteiger partial charge in [-0.15, -0.1) is 11.3 Å². The van der Waals surface area contributed by atoms with Crippen LogP contribution in [0, 0.1) is 5.92 Å². The third-order valence-electron chi connectivity index (χ3n) is 4.46. The highest BCUT2D eigenvalue weighted by Gasteiger charge is 2.25. The van der Waals surface area contributed by atoms with Crippen molar-refractivity contribution in [2.75, 3.05) is 12.4 Å². The van der Waals surface area contributed by atoms with E-state index in [0.717, 1.165) is 5.56 Å². The Morgan fingerprint density at radius 3 is 2.47 bits per heavy atom. The van der Waals surface area contributed by atoms with Crippen LogP contribution in [0.15, 0.2) is 53.9 Å². The molecule has 6 nitrogen and oxygen atoms in total. The zero-order valence-electron chi connectivity index (χ0n) is 16.8. The van der Waals surface area contributed by atoms with Crippen LogP contribution in [-0.4, -0.2) is 29.9 Å². The van der Waals surface area contributed by atoms with Crippen molar-refractivity contribution >= 4 is 39.9 Å². The minimum absolute atomic E-state index is 0.116. The maximum absolute atomic E-state index is 12.8. The predicted octanol–water partition coefficient (Wildman–Crippen LogP) is 4.87. The molecule has 0 saturated carbocycles. The van der Waals surface area contributed by atoms with Gasteiger partial charge in [0.25, 0.3) is 5.91 Å². The molecule has 0 aliphatic carbocycles. The number of benzene rings is 2. The fourth-order valence-electron chi connectivity index (χ4n) is 2.86. The summed E-state index contributed by atoms with van der Waals surface area (Å²) in [6.45, 7) is 3.74. The first kappa shape index (κ1) is 21.8. The van der Waals surface area contributed by atoms with Crippen LogP contribution < -0.4 is 15.4 Å². The summed E-state index contributed by atoms with van der Waals surface area (Å²) < 4.78 is 5.37. The molecule has 0 saturated heterocycles. The lowest BCUT2D eigenvalue weighted by Gasteiger charge is -2.21. The maximum Gasteiger partial charge on any atom is 0.251 e. The van der Waals surface area contributed by atoms with Crippen molar-refractivity contribution in [2.45, 2.75) is 19.9 Å². The van der Waals surface area contributed by atoms with E-state index < -0.39 is 6.04 Å². The van der Waals surface area contributed by atoms with E-state index in [2.05, 4.69) is 15.6 Å². The van der Waals surface area contributed by atoms with Crippen LogP contribution >= 0.6 is 22.9 Å². The SMILES string of the molecule is COc1ccccc1-c1csc(NC(=O)C(NC(=O)c2ccc(Cl)cc2)C(C)C)n1. The quantitative estimate of drug-likeness (QED) is 0.546. The second kappa shape index (κ2) is 9.73. The van der Waals surface area contributed by atoms with E-state index in [4.69, 9.17) is 16.3 Å². The summed E-state index contributed by atoms with van der Waals surface area (Å²) >= 11 is 7.18. The largest absolute Gasteiger partial charge is 0.496 e. The molecular weight excluding hydrogens is 422 g/mol. The summed E-state index contributed by atoms with van der Waals surface area (Å²) in [7, 11) is 1.60. The molecule has 30 heavy (non-hydrogen) atoms. The molecule has 0 bridgehead atoms. The van der Waals surface area contributed by atoms with Gasteiger partial charge in [-0.2, -0.15) is 0 Å². The lowest BCUT2D eigenvalue weighted by atomic mass is 10.0. The van der Waals surface area contributed by atoms with Gasteiger partial charge in [0.15, 0.2) is 5.13 Å². The Kier molecular flexibility index (Phi) is 7.07. The summed E-state index contributed by atoms with van der Waals surface area (Å²) in [6, 6.07) is 13.3. The van der Waals surface area contributed by atoms with Crippen molar-refractivity contribution in [2.24, 2.45) is 5.92 Å². The van der Waals surface area contributed by atoms with Gasteiger partial charge in [-0.25, -0.2) is 4.98 Å². The number of anilines is 1. The zero-order valence-corrected chi connectivity index (χ0v) is 18.4. The maximum atomic E-state index is 12.8. The summed E-state index contributed by atoms with van der Waals surface area (Å²) in [5.41, 5.74) is 1.98. The van der Waals surface area contributed by atoms with E-state index in [9.17, 15) is 9.59 Å². The number of thiazole rings is 1. The van der Waals surface area contributed by atoms with Crippen LogP contribution in [-0.2, 0) is 4.79 Å². The lowest BCUT2D eigenvalue weighted by molar-refractivity contribution is -0.118. The van der Waals surface area contributed by atoms with Gasteiger partial charge in [-0.1, -0.05) is 37.6 Å². The van der Waals surface area contributed by atoms with Crippen molar-refractivity contribution in [3.8, 4) is 17.0 Å². The summed E-state index contributed by atoms with van der Waals surface area (Å²) in [5, 5.41) is 8.44. The van der Waals surface area contributed by atoms with E-state index in [1.165, 1.54) is 11.3 Å². The van der Waals surface area contributed by atoms with Crippen LogP contribution in [0.4, 0.5) is 5.13 Å². The van der Waals surface area contributed by atoms with Gasteiger partial charge in [-0.3, -0.25) is 9.59 Å². The molecule has 1 atom stereocenters. The van der Waals surface area contributed by atoms with E-state index in [0.29, 0.717) is 27.2 Å². The molecule has 2 amide bonds. The molecule has 2 N–H and O–H groups in total. The molecule has 0 aliphatic rings. The van der Waals surface area contributed by atoms with Crippen molar-refractivity contribution in [3.05, 3.63) is 64.5 Å². The lowest BCUT2D eigenvalue weighted by Crippen LogP contribution is -2.47. The number of rotatable bonds is 7. The van der Waals surface area contributed by atoms with E-state index in [-0.39, 0.29) is 17.7 Å². The van der Waals surface area contributed by atoms with Gasteiger partial charge in [0.05, 0.1) is 12.8 Å². The number of halogens is 1. The molecule has 1 unspecified atom stereocenters. The molecule has 3 rings (SSSR count). The molecule has 0 radical (unpaired) electrons. The third kappa shape index (κ3) is 5.17. The Bertz CT molecular complexity index is 1030. The normalized spacial score (nSPS) is 11.8. The van der Waals surface area contributed by atoms with Gasteiger partial charge < -0.3 is 15.4 Å². The second-order valence-electron chi connectivity index (χ2n) is 6.93. The number of para-hydroxylation sites is 1. The Morgan fingerprint density at radius 2 is 1.80 bits per heavy atom.